The minimum Gasteiger partial charge on any atom is -0.301 e. The summed E-state index contributed by atoms with van der Waals surface area (Å²) in [7, 11) is 2.18. The SMILES string of the molecule is CC1C[C@H](C)N1C. The van der Waals surface area contributed by atoms with Gasteiger partial charge in [-0.15, -0.1) is 0 Å². The predicted octanol–water partition coefficient (Wildman–Crippen LogP) is 1.10. The number of likely N-dealkylation sites (tertiary alicyclic amines) is 1. The maximum atomic E-state index is 2.39. The maximum absolute atomic E-state index is 2.39. The van der Waals surface area contributed by atoms with Gasteiger partial charge >= 0.3 is 0 Å². The minimum absolute atomic E-state index is 0.843. The number of hydrogen-bond donors (Lipinski definition) is 0. The molecular formula is C6H13N. The molecule has 1 fully saturated rings. The van der Waals surface area contributed by atoms with Crippen LogP contribution < -0.4 is 0 Å². The van der Waals surface area contributed by atoms with Crippen molar-refractivity contribution in [2.45, 2.75) is 32.4 Å². The van der Waals surface area contributed by atoms with Gasteiger partial charge in [-0.3, -0.25) is 0 Å². The molecule has 1 saturated heterocycles. The van der Waals surface area contributed by atoms with Crippen LogP contribution in [0.25, 0.3) is 0 Å². The van der Waals surface area contributed by atoms with Crippen LogP contribution in [0.1, 0.15) is 20.3 Å². The Morgan fingerprint density at radius 1 is 1.29 bits per heavy atom. The van der Waals surface area contributed by atoms with Gasteiger partial charge in [-0.2, -0.15) is 0 Å². The monoisotopic (exact) mass is 99.1 g/mol. The highest BCUT2D eigenvalue weighted by Gasteiger charge is 2.26. The highest BCUT2D eigenvalue weighted by molar-refractivity contribution is 4.83. The molecule has 0 aromatic rings. The molecule has 7 heavy (non-hydrogen) atoms. The molecule has 0 spiro atoms. The standard InChI is InChI=1S/C6H13N/c1-5-4-6(2)7(5)3/h5-6H,4H2,1-3H3/t5-,6?/m0/s1. The normalized spacial score (nSPS) is 43.3. The van der Waals surface area contributed by atoms with E-state index >= 15 is 0 Å². The van der Waals surface area contributed by atoms with Crippen molar-refractivity contribution < 1.29 is 0 Å². The summed E-state index contributed by atoms with van der Waals surface area (Å²) in [6, 6.07) is 1.69. The maximum Gasteiger partial charge on any atom is 0.00814 e. The zero-order valence-electron chi connectivity index (χ0n) is 5.31. The van der Waals surface area contributed by atoms with E-state index in [9.17, 15) is 0 Å². The van der Waals surface area contributed by atoms with Crippen LogP contribution in [0.3, 0.4) is 0 Å². The highest BCUT2D eigenvalue weighted by Crippen LogP contribution is 2.21. The first kappa shape index (κ1) is 5.10. The largest absolute Gasteiger partial charge is 0.301 e. The third-order valence-electron chi connectivity index (χ3n) is 2.07. The molecule has 1 rings (SSSR count). The van der Waals surface area contributed by atoms with E-state index in [0.717, 1.165) is 12.1 Å². The van der Waals surface area contributed by atoms with Crippen molar-refractivity contribution in [3.05, 3.63) is 0 Å². The van der Waals surface area contributed by atoms with Gasteiger partial charge in [0.15, 0.2) is 0 Å². The summed E-state index contributed by atoms with van der Waals surface area (Å²) in [5.74, 6) is 0. The molecule has 1 unspecified atom stereocenters. The fourth-order valence-electron chi connectivity index (χ4n) is 1.12. The lowest BCUT2D eigenvalue weighted by Gasteiger charge is -2.42. The Morgan fingerprint density at radius 3 is 1.71 bits per heavy atom. The van der Waals surface area contributed by atoms with Crippen LogP contribution in [0.4, 0.5) is 0 Å². The van der Waals surface area contributed by atoms with Crippen LogP contribution in [0.15, 0.2) is 0 Å². The molecule has 0 radical (unpaired) electrons. The van der Waals surface area contributed by atoms with Gasteiger partial charge in [-0.25, -0.2) is 0 Å². The Hall–Kier alpha value is -0.0400. The number of hydrogen-bond acceptors (Lipinski definition) is 1. The Labute approximate surface area is 45.3 Å². The first-order chi connectivity index (χ1) is 3.22. The Bertz CT molecular complexity index is 62.6. The van der Waals surface area contributed by atoms with Crippen molar-refractivity contribution in [2.75, 3.05) is 7.05 Å². The van der Waals surface area contributed by atoms with E-state index in [4.69, 9.17) is 0 Å². The lowest BCUT2D eigenvalue weighted by Crippen LogP contribution is -2.49. The third kappa shape index (κ3) is 0.653. The van der Waals surface area contributed by atoms with Crippen LogP contribution >= 0.6 is 0 Å². The fourth-order valence-corrected chi connectivity index (χ4v) is 1.12. The topological polar surface area (TPSA) is 3.24 Å². The average molecular weight is 99.2 g/mol. The summed E-state index contributed by atoms with van der Waals surface area (Å²) < 4.78 is 0. The van der Waals surface area contributed by atoms with Crippen molar-refractivity contribution in [3.63, 3.8) is 0 Å². The molecule has 0 bridgehead atoms. The molecule has 0 aromatic carbocycles. The molecule has 1 nitrogen and oxygen atoms in total. The minimum atomic E-state index is 0.843. The van der Waals surface area contributed by atoms with Crippen LogP contribution in [-0.4, -0.2) is 24.0 Å². The zero-order valence-corrected chi connectivity index (χ0v) is 5.31. The lowest BCUT2D eigenvalue weighted by molar-refractivity contribution is 0.0697. The Kier molecular flexibility index (Phi) is 1.08. The van der Waals surface area contributed by atoms with E-state index < -0.39 is 0 Å². The fraction of sp³-hybridized carbons (Fsp3) is 1.00. The van der Waals surface area contributed by atoms with E-state index in [1.807, 2.05) is 0 Å². The van der Waals surface area contributed by atoms with Gasteiger partial charge in [-0.05, 0) is 27.3 Å². The molecule has 0 aromatic heterocycles. The summed E-state index contributed by atoms with van der Waals surface area (Å²) >= 11 is 0. The summed E-state index contributed by atoms with van der Waals surface area (Å²) in [5.41, 5.74) is 0. The van der Waals surface area contributed by atoms with Crippen LogP contribution in [0.2, 0.25) is 0 Å². The second kappa shape index (κ2) is 1.48. The Balaban J connectivity index is 2.29. The smallest absolute Gasteiger partial charge is 0.00814 e. The van der Waals surface area contributed by atoms with Gasteiger partial charge in [0, 0.05) is 12.1 Å². The van der Waals surface area contributed by atoms with Crippen molar-refractivity contribution >= 4 is 0 Å². The third-order valence-corrected chi connectivity index (χ3v) is 2.07. The van der Waals surface area contributed by atoms with Gasteiger partial charge in [0.2, 0.25) is 0 Å². The van der Waals surface area contributed by atoms with Gasteiger partial charge in [0.1, 0.15) is 0 Å². The Morgan fingerprint density at radius 2 is 1.71 bits per heavy atom. The predicted molar refractivity (Wildman–Crippen MR) is 31.3 cm³/mol. The molecule has 0 saturated carbocycles. The van der Waals surface area contributed by atoms with Crippen molar-refractivity contribution in [2.24, 2.45) is 0 Å². The van der Waals surface area contributed by atoms with Crippen LogP contribution in [0.5, 0.6) is 0 Å². The van der Waals surface area contributed by atoms with E-state index in [1.165, 1.54) is 6.42 Å². The summed E-state index contributed by atoms with van der Waals surface area (Å²) in [6.45, 7) is 4.53. The first-order valence-electron chi connectivity index (χ1n) is 2.93. The van der Waals surface area contributed by atoms with Gasteiger partial charge < -0.3 is 4.90 Å². The molecule has 0 amide bonds. The summed E-state index contributed by atoms with van der Waals surface area (Å²) in [5, 5.41) is 0. The van der Waals surface area contributed by atoms with Gasteiger partial charge in [0.25, 0.3) is 0 Å². The quantitative estimate of drug-likeness (QED) is 0.439. The molecule has 0 N–H and O–H groups in total. The molecular weight excluding hydrogens is 86.1 g/mol. The molecule has 2 atom stereocenters. The second-order valence-electron chi connectivity index (χ2n) is 2.60. The lowest BCUT2D eigenvalue weighted by atomic mass is 9.98. The summed E-state index contributed by atoms with van der Waals surface area (Å²) in [4.78, 5) is 2.39. The van der Waals surface area contributed by atoms with Gasteiger partial charge in [-0.1, -0.05) is 0 Å². The molecule has 0 aliphatic carbocycles. The molecule has 1 heterocycles. The van der Waals surface area contributed by atoms with Crippen molar-refractivity contribution in [1.82, 2.24) is 4.90 Å². The average Bonchev–Trinajstić information content (AvgIpc) is 1.68. The molecule has 1 heteroatoms. The van der Waals surface area contributed by atoms with E-state index in [-0.39, 0.29) is 0 Å². The van der Waals surface area contributed by atoms with Crippen LogP contribution in [-0.2, 0) is 0 Å². The molecule has 1 aliphatic heterocycles. The molecule has 1 aliphatic rings. The summed E-state index contributed by atoms with van der Waals surface area (Å²) in [6.07, 6.45) is 1.39. The van der Waals surface area contributed by atoms with Crippen molar-refractivity contribution in [3.8, 4) is 0 Å². The highest BCUT2D eigenvalue weighted by atomic mass is 15.2. The van der Waals surface area contributed by atoms with Crippen molar-refractivity contribution in [1.29, 1.82) is 0 Å². The molecule has 42 valence electrons. The second-order valence-corrected chi connectivity index (χ2v) is 2.60. The van der Waals surface area contributed by atoms with Crippen LogP contribution in [0, 0.1) is 0 Å². The van der Waals surface area contributed by atoms with Gasteiger partial charge in [0.05, 0.1) is 0 Å². The van der Waals surface area contributed by atoms with E-state index in [1.54, 1.807) is 0 Å². The number of nitrogens with zero attached hydrogens (tertiary/aromatic N) is 1. The van der Waals surface area contributed by atoms with E-state index in [2.05, 4.69) is 25.8 Å². The zero-order chi connectivity index (χ0) is 5.44. The van der Waals surface area contributed by atoms with E-state index in [0.29, 0.717) is 0 Å². The number of rotatable bonds is 0. The first-order valence-corrected chi connectivity index (χ1v) is 2.93.